The molecule has 1 aromatic heterocycles. The number of carbonyl (C=O) groups is 1. The van der Waals surface area contributed by atoms with Crippen LogP contribution >= 0.6 is 0 Å². The SMILES string of the molecule is COC(=O)[C@H]1Oc2c(c(=O)oc3ccccc23)[C@H]1c1ccc(F)c(F)c1. The van der Waals surface area contributed by atoms with E-state index in [0.29, 0.717) is 11.0 Å². The van der Waals surface area contributed by atoms with Crippen LogP contribution in [0.4, 0.5) is 8.78 Å². The van der Waals surface area contributed by atoms with Gasteiger partial charge in [0.2, 0.25) is 6.10 Å². The average Bonchev–Trinajstić information content (AvgIpc) is 3.05. The number of benzene rings is 2. The second-order valence-corrected chi connectivity index (χ2v) is 5.84. The largest absolute Gasteiger partial charge is 0.476 e. The van der Waals surface area contributed by atoms with Crippen molar-refractivity contribution in [1.82, 2.24) is 0 Å². The molecule has 2 heterocycles. The van der Waals surface area contributed by atoms with E-state index >= 15 is 0 Å². The highest BCUT2D eigenvalue weighted by Crippen LogP contribution is 2.44. The van der Waals surface area contributed by atoms with Crippen LogP contribution in [0.3, 0.4) is 0 Å². The fourth-order valence-electron chi connectivity index (χ4n) is 3.23. The molecule has 2 aromatic carbocycles. The summed E-state index contributed by atoms with van der Waals surface area (Å²) in [5.41, 5.74) is -0.128. The summed E-state index contributed by atoms with van der Waals surface area (Å²) in [6.45, 7) is 0. The Morgan fingerprint density at radius 1 is 1.12 bits per heavy atom. The quantitative estimate of drug-likeness (QED) is 0.520. The monoisotopic (exact) mass is 358 g/mol. The summed E-state index contributed by atoms with van der Waals surface area (Å²) in [4.78, 5) is 24.8. The lowest BCUT2D eigenvalue weighted by molar-refractivity contribution is -0.148. The van der Waals surface area contributed by atoms with Gasteiger partial charge in [0.25, 0.3) is 0 Å². The molecule has 0 N–H and O–H groups in total. The van der Waals surface area contributed by atoms with Gasteiger partial charge >= 0.3 is 11.6 Å². The minimum atomic E-state index is -1.21. The second kappa shape index (κ2) is 5.94. The first-order valence-corrected chi connectivity index (χ1v) is 7.76. The first kappa shape index (κ1) is 16.3. The third-order valence-electron chi connectivity index (χ3n) is 4.39. The van der Waals surface area contributed by atoms with Gasteiger partial charge in [0.05, 0.1) is 24.0 Å². The number of halogens is 2. The molecule has 0 unspecified atom stereocenters. The van der Waals surface area contributed by atoms with Crippen LogP contribution in [-0.4, -0.2) is 19.2 Å². The van der Waals surface area contributed by atoms with Gasteiger partial charge in [-0.1, -0.05) is 18.2 Å². The molecule has 26 heavy (non-hydrogen) atoms. The van der Waals surface area contributed by atoms with Crippen LogP contribution < -0.4 is 10.4 Å². The molecule has 3 aromatic rings. The van der Waals surface area contributed by atoms with Crippen LogP contribution in [0.1, 0.15) is 17.0 Å². The molecule has 0 radical (unpaired) electrons. The third-order valence-corrected chi connectivity index (χ3v) is 4.39. The maximum absolute atomic E-state index is 13.7. The van der Waals surface area contributed by atoms with Crippen molar-refractivity contribution in [2.24, 2.45) is 0 Å². The van der Waals surface area contributed by atoms with Crippen LogP contribution in [0, 0.1) is 11.6 Å². The van der Waals surface area contributed by atoms with Crippen LogP contribution in [0.25, 0.3) is 11.0 Å². The molecule has 0 saturated heterocycles. The molecular formula is C19H12F2O5. The van der Waals surface area contributed by atoms with Crippen molar-refractivity contribution in [1.29, 1.82) is 0 Å². The molecule has 2 atom stereocenters. The van der Waals surface area contributed by atoms with Gasteiger partial charge in [-0.3, -0.25) is 0 Å². The Balaban J connectivity index is 1.99. The van der Waals surface area contributed by atoms with Gasteiger partial charge in [-0.25, -0.2) is 18.4 Å². The van der Waals surface area contributed by atoms with Crippen molar-refractivity contribution >= 4 is 16.9 Å². The van der Waals surface area contributed by atoms with Gasteiger partial charge in [-0.15, -0.1) is 0 Å². The Kier molecular flexibility index (Phi) is 3.72. The van der Waals surface area contributed by atoms with Gasteiger partial charge in [0, 0.05) is 0 Å². The predicted octanol–water partition coefficient (Wildman–Crippen LogP) is 3.14. The molecular weight excluding hydrogens is 346 g/mol. The van der Waals surface area contributed by atoms with E-state index in [-0.39, 0.29) is 16.9 Å². The number of fused-ring (bicyclic) bond motifs is 3. The summed E-state index contributed by atoms with van der Waals surface area (Å²) in [7, 11) is 1.18. The Morgan fingerprint density at radius 3 is 2.62 bits per heavy atom. The van der Waals surface area contributed by atoms with Crippen LogP contribution in [0.5, 0.6) is 5.75 Å². The molecule has 0 amide bonds. The van der Waals surface area contributed by atoms with Crippen molar-refractivity contribution in [3.05, 3.63) is 75.6 Å². The first-order chi connectivity index (χ1) is 12.5. The number of esters is 1. The molecule has 132 valence electrons. The normalized spacial score (nSPS) is 18.4. The smallest absolute Gasteiger partial charge is 0.348 e. The fourth-order valence-corrected chi connectivity index (χ4v) is 3.23. The Morgan fingerprint density at radius 2 is 1.88 bits per heavy atom. The molecule has 5 nitrogen and oxygen atoms in total. The summed E-state index contributed by atoms with van der Waals surface area (Å²) in [5, 5.41) is 0.501. The number of para-hydroxylation sites is 1. The zero-order valence-corrected chi connectivity index (χ0v) is 13.5. The Labute approximate surface area is 145 Å². The number of rotatable bonds is 2. The molecule has 0 spiro atoms. The minimum absolute atomic E-state index is 0.0742. The van der Waals surface area contributed by atoms with E-state index in [4.69, 9.17) is 13.9 Å². The second-order valence-electron chi connectivity index (χ2n) is 5.84. The molecule has 0 saturated carbocycles. The maximum atomic E-state index is 13.7. The lowest BCUT2D eigenvalue weighted by Gasteiger charge is -2.16. The molecule has 1 aliphatic heterocycles. The molecule has 4 rings (SSSR count). The summed E-state index contributed by atoms with van der Waals surface area (Å²) >= 11 is 0. The standard InChI is InChI=1S/C19H12F2O5/c1-24-19(23)17-14(9-6-7-11(20)12(21)8-9)15-16(26-17)10-4-2-3-5-13(10)25-18(15)22/h2-8,14,17H,1H3/t14-,17+/m1/s1. The first-order valence-electron chi connectivity index (χ1n) is 7.76. The van der Waals surface area contributed by atoms with E-state index in [1.54, 1.807) is 24.3 Å². The number of hydrogen-bond acceptors (Lipinski definition) is 5. The van der Waals surface area contributed by atoms with E-state index in [1.807, 2.05) is 0 Å². The summed E-state index contributed by atoms with van der Waals surface area (Å²) in [6.07, 6.45) is -1.21. The third kappa shape index (κ3) is 2.35. The predicted molar refractivity (Wildman–Crippen MR) is 87.1 cm³/mol. The molecule has 0 fully saturated rings. The Hall–Kier alpha value is -3.22. The van der Waals surface area contributed by atoms with E-state index in [2.05, 4.69) is 0 Å². The van der Waals surface area contributed by atoms with E-state index in [9.17, 15) is 18.4 Å². The zero-order chi connectivity index (χ0) is 18.4. The van der Waals surface area contributed by atoms with E-state index in [0.717, 1.165) is 12.1 Å². The number of ether oxygens (including phenoxy) is 2. The summed E-state index contributed by atoms with van der Waals surface area (Å²) < 4.78 is 42.9. The van der Waals surface area contributed by atoms with Gasteiger partial charge in [0.15, 0.2) is 11.6 Å². The highest BCUT2D eigenvalue weighted by molar-refractivity contribution is 5.88. The summed E-state index contributed by atoms with van der Waals surface area (Å²) in [5.74, 6) is -3.66. The highest BCUT2D eigenvalue weighted by atomic mass is 19.2. The van der Waals surface area contributed by atoms with Crippen molar-refractivity contribution in [3.8, 4) is 5.75 Å². The minimum Gasteiger partial charge on any atom is -0.476 e. The van der Waals surface area contributed by atoms with Crippen molar-refractivity contribution in [3.63, 3.8) is 0 Å². The van der Waals surface area contributed by atoms with Crippen molar-refractivity contribution < 1.29 is 27.5 Å². The molecule has 7 heteroatoms. The van der Waals surface area contributed by atoms with Gasteiger partial charge in [-0.05, 0) is 29.8 Å². The number of carbonyl (C=O) groups excluding carboxylic acids is 1. The molecule has 0 bridgehead atoms. The molecule has 0 aliphatic carbocycles. The van der Waals surface area contributed by atoms with Crippen LogP contribution in [-0.2, 0) is 9.53 Å². The van der Waals surface area contributed by atoms with Gasteiger partial charge in [-0.2, -0.15) is 0 Å². The highest BCUT2D eigenvalue weighted by Gasteiger charge is 2.45. The van der Waals surface area contributed by atoms with Crippen molar-refractivity contribution in [2.45, 2.75) is 12.0 Å². The number of methoxy groups -OCH3 is 1. The van der Waals surface area contributed by atoms with Crippen molar-refractivity contribution in [2.75, 3.05) is 7.11 Å². The summed E-state index contributed by atoms with van der Waals surface area (Å²) in [6, 6.07) is 9.85. The van der Waals surface area contributed by atoms with Crippen LogP contribution in [0.15, 0.2) is 51.7 Å². The van der Waals surface area contributed by atoms with Gasteiger partial charge < -0.3 is 13.9 Å². The lowest BCUT2D eigenvalue weighted by atomic mass is 9.88. The van der Waals surface area contributed by atoms with Gasteiger partial charge in [0.1, 0.15) is 11.3 Å². The lowest BCUT2D eigenvalue weighted by Crippen LogP contribution is -2.31. The average molecular weight is 358 g/mol. The topological polar surface area (TPSA) is 65.7 Å². The van der Waals surface area contributed by atoms with E-state index in [1.165, 1.54) is 13.2 Å². The van der Waals surface area contributed by atoms with Crippen LogP contribution in [0.2, 0.25) is 0 Å². The van der Waals surface area contributed by atoms with E-state index < -0.39 is 35.3 Å². The maximum Gasteiger partial charge on any atom is 0.348 e. The fraction of sp³-hybridized carbons (Fsp3) is 0.158. The Bertz CT molecular complexity index is 1090. The zero-order valence-electron chi connectivity index (χ0n) is 13.5. The number of hydrogen-bond donors (Lipinski definition) is 0. The molecule has 1 aliphatic rings.